The van der Waals surface area contributed by atoms with Crippen molar-refractivity contribution in [3.05, 3.63) is 24.3 Å². The van der Waals surface area contributed by atoms with Crippen LogP contribution in [0.2, 0.25) is 0 Å². The summed E-state index contributed by atoms with van der Waals surface area (Å²) in [5.74, 6) is -0.338. The number of methoxy groups -OCH3 is 1. The smallest absolute Gasteiger partial charge is 0.253 e. The number of ether oxygens (including phenoxy) is 1. The molecule has 1 aromatic rings. The van der Waals surface area contributed by atoms with Gasteiger partial charge in [-0.1, -0.05) is 0 Å². The molecule has 1 rings (SSSR count). The van der Waals surface area contributed by atoms with Gasteiger partial charge in [0.05, 0.1) is 0 Å². The lowest BCUT2D eigenvalue weighted by Crippen LogP contribution is -2.26. The van der Waals surface area contributed by atoms with Gasteiger partial charge in [0.2, 0.25) is 5.91 Å². The second kappa shape index (κ2) is 6.00. The fourth-order valence-corrected chi connectivity index (χ4v) is 1.19. The standard InChI is InChI=1S/C12H16N2O3/c1-8(17-3)12(16)14-11-6-4-10(5-7-11)13-9(2)15/h4-8H,1-3H3,(H,13,15)(H,14,16)/t8-/m0/s1. The highest BCUT2D eigenvalue weighted by atomic mass is 16.5. The summed E-state index contributed by atoms with van der Waals surface area (Å²) in [6.45, 7) is 3.11. The van der Waals surface area contributed by atoms with E-state index < -0.39 is 6.10 Å². The van der Waals surface area contributed by atoms with E-state index in [1.807, 2.05) is 0 Å². The van der Waals surface area contributed by atoms with Crippen molar-refractivity contribution in [2.24, 2.45) is 0 Å². The lowest BCUT2D eigenvalue weighted by atomic mass is 10.2. The lowest BCUT2D eigenvalue weighted by molar-refractivity contribution is -0.124. The Bertz CT molecular complexity index is 401. The van der Waals surface area contributed by atoms with Crippen molar-refractivity contribution in [1.29, 1.82) is 0 Å². The van der Waals surface area contributed by atoms with Gasteiger partial charge in [0.25, 0.3) is 5.91 Å². The number of hydrogen-bond donors (Lipinski definition) is 2. The molecule has 0 unspecified atom stereocenters. The number of anilines is 2. The molecule has 0 bridgehead atoms. The number of rotatable bonds is 4. The molecular formula is C12H16N2O3. The lowest BCUT2D eigenvalue weighted by Gasteiger charge is -2.10. The van der Waals surface area contributed by atoms with Crippen LogP contribution in [0.1, 0.15) is 13.8 Å². The van der Waals surface area contributed by atoms with Gasteiger partial charge in [-0.15, -0.1) is 0 Å². The van der Waals surface area contributed by atoms with Crippen LogP contribution < -0.4 is 10.6 Å². The Kier molecular flexibility index (Phi) is 4.66. The first kappa shape index (κ1) is 13.2. The molecule has 17 heavy (non-hydrogen) atoms. The van der Waals surface area contributed by atoms with Crippen LogP contribution in [0, 0.1) is 0 Å². The Balaban J connectivity index is 2.62. The minimum Gasteiger partial charge on any atom is -0.372 e. The molecule has 0 aromatic heterocycles. The summed E-state index contributed by atoms with van der Waals surface area (Å²) in [5, 5.41) is 5.34. The van der Waals surface area contributed by atoms with Gasteiger partial charge >= 0.3 is 0 Å². The molecule has 0 saturated heterocycles. The molecule has 1 atom stereocenters. The highest BCUT2D eigenvalue weighted by Crippen LogP contribution is 2.13. The minimum absolute atomic E-state index is 0.130. The molecule has 2 N–H and O–H groups in total. The molecule has 2 amide bonds. The second-order valence-electron chi connectivity index (χ2n) is 3.63. The Morgan fingerprint density at radius 1 is 1.12 bits per heavy atom. The summed E-state index contributed by atoms with van der Waals surface area (Å²) in [7, 11) is 1.48. The quantitative estimate of drug-likeness (QED) is 0.834. The van der Waals surface area contributed by atoms with Gasteiger partial charge < -0.3 is 15.4 Å². The van der Waals surface area contributed by atoms with E-state index in [1.165, 1.54) is 14.0 Å². The number of amides is 2. The first-order valence-electron chi connectivity index (χ1n) is 5.24. The molecule has 0 aliphatic carbocycles. The van der Waals surface area contributed by atoms with Crippen molar-refractivity contribution in [3.8, 4) is 0 Å². The maximum absolute atomic E-state index is 11.5. The van der Waals surface area contributed by atoms with E-state index >= 15 is 0 Å². The molecule has 0 aliphatic heterocycles. The van der Waals surface area contributed by atoms with Crippen LogP contribution in [0.5, 0.6) is 0 Å². The topological polar surface area (TPSA) is 67.4 Å². The van der Waals surface area contributed by atoms with E-state index in [9.17, 15) is 9.59 Å². The first-order chi connectivity index (χ1) is 8.02. The second-order valence-corrected chi connectivity index (χ2v) is 3.63. The van der Waals surface area contributed by atoms with E-state index in [-0.39, 0.29) is 11.8 Å². The van der Waals surface area contributed by atoms with Gasteiger partial charge in [0.15, 0.2) is 0 Å². The fraction of sp³-hybridized carbons (Fsp3) is 0.333. The Labute approximate surface area is 100 Å². The largest absolute Gasteiger partial charge is 0.372 e. The van der Waals surface area contributed by atoms with Crippen LogP contribution in [0.25, 0.3) is 0 Å². The summed E-state index contributed by atoms with van der Waals surface area (Å²) in [6.07, 6.45) is -0.495. The predicted molar refractivity (Wildman–Crippen MR) is 65.8 cm³/mol. The fourth-order valence-electron chi connectivity index (χ4n) is 1.19. The van der Waals surface area contributed by atoms with Gasteiger partial charge in [-0.05, 0) is 31.2 Å². The summed E-state index contributed by atoms with van der Waals surface area (Å²) in [6, 6.07) is 6.86. The molecular weight excluding hydrogens is 220 g/mol. The molecule has 92 valence electrons. The van der Waals surface area contributed by atoms with Crippen LogP contribution in [-0.4, -0.2) is 25.0 Å². The number of hydrogen-bond acceptors (Lipinski definition) is 3. The van der Waals surface area contributed by atoms with E-state index in [1.54, 1.807) is 31.2 Å². The number of nitrogens with one attached hydrogen (secondary N) is 2. The van der Waals surface area contributed by atoms with Crippen molar-refractivity contribution in [2.75, 3.05) is 17.7 Å². The molecule has 5 nitrogen and oxygen atoms in total. The van der Waals surface area contributed by atoms with Crippen molar-refractivity contribution in [2.45, 2.75) is 20.0 Å². The molecule has 0 aliphatic rings. The number of carbonyl (C=O) groups excluding carboxylic acids is 2. The van der Waals surface area contributed by atoms with E-state index in [2.05, 4.69) is 10.6 Å². The monoisotopic (exact) mass is 236 g/mol. The molecule has 0 spiro atoms. The number of carbonyl (C=O) groups is 2. The molecule has 0 saturated carbocycles. The summed E-state index contributed by atoms with van der Waals surface area (Å²) >= 11 is 0. The van der Waals surface area contributed by atoms with E-state index in [0.29, 0.717) is 11.4 Å². The van der Waals surface area contributed by atoms with Crippen molar-refractivity contribution in [3.63, 3.8) is 0 Å². The third kappa shape index (κ3) is 4.24. The van der Waals surface area contributed by atoms with Crippen molar-refractivity contribution >= 4 is 23.2 Å². The highest BCUT2D eigenvalue weighted by molar-refractivity contribution is 5.94. The molecule has 0 heterocycles. The van der Waals surface area contributed by atoms with Gasteiger partial charge in [-0.25, -0.2) is 0 Å². The third-order valence-corrected chi connectivity index (χ3v) is 2.20. The van der Waals surface area contributed by atoms with Crippen LogP contribution in [0.15, 0.2) is 24.3 Å². The SMILES string of the molecule is CO[C@@H](C)C(=O)Nc1ccc(NC(C)=O)cc1. The average Bonchev–Trinajstić information content (AvgIpc) is 2.30. The Morgan fingerprint density at radius 2 is 1.59 bits per heavy atom. The molecule has 0 radical (unpaired) electrons. The average molecular weight is 236 g/mol. The molecule has 5 heteroatoms. The van der Waals surface area contributed by atoms with Crippen LogP contribution >= 0.6 is 0 Å². The maximum Gasteiger partial charge on any atom is 0.253 e. The van der Waals surface area contributed by atoms with Gasteiger partial charge in [0.1, 0.15) is 6.10 Å². The van der Waals surface area contributed by atoms with Crippen LogP contribution in [-0.2, 0) is 14.3 Å². The zero-order chi connectivity index (χ0) is 12.8. The molecule has 0 fully saturated rings. The highest BCUT2D eigenvalue weighted by Gasteiger charge is 2.11. The Hall–Kier alpha value is -1.88. The molecule has 1 aromatic carbocycles. The van der Waals surface area contributed by atoms with Gasteiger partial charge in [0, 0.05) is 25.4 Å². The predicted octanol–water partition coefficient (Wildman–Crippen LogP) is 1.62. The zero-order valence-electron chi connectivity index (χ0n) is 10.1. The van der Waals surface area contributed by atoms with Crippen molar-refractivity contribution in [1.82, 2.24) is 0 Å². The van der Waals surface area contributed by atoms with E-state index in [4.69, 9.17) is 4.74 Å². The van der Waals surface area contributed by atoms with Crippen molar-refractivity contribution < 1.29 is 14.3 Å². The van der Waals surface area contributed by atoms with Crippen LogP contribution in [0.3, 0.4) is 0 Å². The third-order valence-electron chi connectivity index (χ3n) is 2.20. The zero-order valence-corrected chi connectivity index (χ0v) is 10.1. The van der Waals surface area contributed by atoms with Gasteiger partial charge in [-0.3, -0.25) is 9.59 Å². The first-order valence-corrected chi connectivity index (χ1v) is 5.24. The number of benzene rings is 1. The summed E-state index contributed by atoms with van der Waals surface area (Å²) in [5.41, 5.74) is 1.35. The van der Waals surface area contributed by atoms with Crippen LogP contribution in [0.4, 0.5) is 11.4 Å². The maximum atomic E-state index is 11.5. The summed E-state index contributed by atoms with van der Waals surface area (Å²) < 4.78 is 4.89. The minimum atomic E-state index is -0.495. The van der Waals surface area contributed by atoms with Gasteiger partial charge in [-0.2, -0.15) is 0 Å². The Morgan fingerprint density at radius 3 is 2.00 bits per heavy atom. The van der Waals surface area contributed by atoms with E-state index in [0.717, 1.165) is 0 Å². The normalized spacial score (nSPS) is 11.7. The summed E-state index contributed by atoms with van der Waals surface area (Å²) in [4.78, 5) is 22.3.